The topological polar surface area (TPSA) is 32.8 Å². The third-order valence-electron chi connectivity index (χ3n) is 4.71. The van der Waals surface area contributed by atoms with Crippen molar-refractivity contribution in [1.29, 1.82) is 0 Å². The van der Waals surface area contributed by atoms with Gasteiger partial charge in [-0.1, -0.05) is 12.8 Å². The van der Waals surface area contributed by atoms with Crippen LogP contribution in [0.1, 0.15) is 31.2 Å². The first-order chi connectivity index (χ1) is 10.8. The summed E-state index contributed by atoms with van der Waals surface area (Å²) in [4.78, 5) is 17.4. The van der Waals surface area contributed by atoms with Crippen molar-refractivity contribution >= 4 is 17.2 Å². The van der Waals surface area contributed by atoms with E-state index in [1.54, 1.807) is 11.3 Å². The molecule has 3 heterocycles. The number of carbonyl (C=O) groups is 1. The van der Waals surface area contributed by atoms with E-state index in [0.717, 1.165) is 57.8 Å². The number of ether oxygens (including phenoxy) is 1. The minimum atomic E-state index is 0.304. The summed E-state index contributed by atoms with van der Waals surface area (Å²) in [5.41, 5.74) is 1.16. The van der Waals surface area contributed by atoms with Crippen LogP contribution >= 0.6 is 11.3 Å². The maximum Gasteiger partial charge on any atom is 0.227 e. The highest BCUT2D eigenvalue weighted by atomic mass is 32.1. The van der Waals surface area contributed by atoms with Gasteiger partial charge in [0.05, 0.1) is 19.6 Å². The van der Waals surface area contributed by atoms with Gasteiger partial charge in [0.25, 0.3) is 0 Å². The largest absolute Gasteiger partial charge is 0.379 e. The molecular formula is C17H26N2O2S. The summed E-state index contributed by atoms with van der Waals surface area (Å²) >= 11 is 1.67. The number of amides is 1. The van der Waals surface area contributed by atoms with Crippen LogP contribution in [0.2, 0.25) is 0 Å². The van der Waals surface area contributed by atoms with Crippen LogP contribution in [-0.2, 0) is 16.0 Å². The summed E-state index contributed by atoms with van der Waals surface area (Å²) in [5, 5.41) is 4.14. The molecule has 0 saturated carbocycles. The van der Waals surface area contributed by atoms with E-state index < -0.39 is 0 Å². The zero-order chi connectivity index (χ0) is 15.2. The van der Waals surface area contributed by atoms with Crippen LogP contribution in [0.4, 0.5) is 0 Å². The molecule has 0 unspecified atom stereocenters. The predicted molar refractivity (Wildman–Crippen MR) is 89.3 cm³/mol. The average Bonchev–Trinajstić information content (AvgIpc) is 2.93. The Morgan fingerprint density at radius 1 is 1.23 bits per heavy atom. The second-order valence-electron chi connectivity index (χ2n) is 6.31. The molecule has 1 aromatic rings. The molecule has 122 valence electrons. The summed E-state index contributed by atoms with van der Waals surface area (Å²) in [5.74, 6) is 0.304. The molecule has 4 nitrogen and oxygen atoms in total. The quantitative estimate of drug-likeness (QED) is 0.853. The van der Waals surface area contributed by atoms with Gasteiger partial charge in [0.15, 0.2) is 0 Å². The second-order valence-corrected chi connectivity index (χ2v) is 7.09. The minimum Gasteiger partial charge on any atom is -0.379 e. The molecule has 2 fully saturated rings. The molecule has 0 bridgehead atoms. The minimum absolute atomic E-state index is 0.304. The number of likely N-dealkylation sites (tertiary alicyclic amines) is 1. The summed E-state index contributed by atoms with van der Waals surface area (Å²) < 4.78 is 5.44. The number of rotatable bonds is 4. The van der Waals surface area contributed by atoms with Crippen LogP contribution in [0.3, 0.4) is 0 Å². The van der Waals surface area contributed by atoms with Gasteiger partial charge in [0.1, 0.15) is 0 Å². The van der Waals surface area contributed by atoms with E-state index >= 15 is 0 Å². The molecule has 2 saturated heterocycles. The Morgan fingerprint density at radius 3 is 2.86 bits per heavy atom. The lowest BCUT2D eigenvalue weighted by Crippen LogP contribution is -2.49. The Kier molecular flexibility index (Phi) is 5.87. The van der Waals surface area contributed by atoms with Crippen LogP contribution in [0, 0.1) is 0 Å². The number of nitrogens with zero attached hydrogens (tertiary/aromatic N) is 2. The van der Waals surface area contributed by atoms with Gasteiger partial charge in [-0.2, -0.15) is 11.3 Å². The van der Waals surface area contributed by atoms with Gasteiger partial charge in [-0.3, -0.25) is 9.69 Å². The molecule has 1 atom stereocenters. The monoisotopic (exact) mass is 322 g/mol. The number of thiophene rings is 1. The summed E-state index contributed by atoms with van der Waals surface area (Å²) in [6, 6.07) is 2.45. The van der Waals surface area contributed by atoms with E-state index in [0.29, 0.717) is 18.4 Å². The third-order valence-corrected chi connectivity index (χ3v) is 5.44. The summed E-state index contributed by atoms with van der Waals surface area (Å²) in [6.45, 7) is 5.61. The van der Waals surface area contributed by atoms with Gasteiger partial charge < -0.3 is 9.64 Å². The van der Waals surface area contributed by atoms with Gasteiger partial charge in [-0.25, -0.2) is 0 Å². The summed E-state index contributed by atoms with van der Waals surface area (Å²) in [7, 11) is 0. The van der Waals surface area contributed by atoms with Crippen molar-refractivity contribution in [2.75, 3.05) is 39.4 Å². The predicted octanol–water partition coefficient (Wildman–Crippen LogP) is 2.39. The van der Waals surface area contributed by atoms with Gasteiger partial charge in [0, 0.05) is 32.2 Å². The number of carbonyl (C=O) groups excluding carboxylic acids is 1. The first-order valence-corrected chi connectivity index (χ1v) is 9.38. The Balaban J connectivity index is 1.62. The van der Waals surface area contributed by atoms with Crippen LogP contribution in [0.5, 0.6) is 0 Å². The highest BCUT2D eigenvalue weighted by molar-refractivity contribution is 7.07. The molecule has 5 heteroatoms. The van der Waals surface area contributed by atoms with E-state index in [2.05, 4.69) is 26.6 Å². The van der Waals surface area contributed by atoms with E-state index in [9.17, 15) is 4.79 Å². The van der Waals surface area contributed by atoms with E-state index in [-0.39, 0.29) is 0 Å². The smallest absolute Gasteiger partial charge is 0.227 e. The number of morpholine rings is 1. The molecule has 22 heavy (non-hydrogen) atoms. The van der Waals surface area contributed by atoms with Crippen LogP contribution in [0.25, 0.3) is 0 Å². The highest BCUT2D eigenvalue weighted by Gasteiger charge is 2.27. The number of hydrogen-bond donors (Lipinski definition) is 0. The fourth-order valence-corrected chi connectivity index (χ4v) is 4.12. The van der Waals surface area contributed by atoms with Crippen molar-refractivity contribution in [1.82, 2.24) is 9.80 Å². The Hall–Kier alpha value is -0.910. The highest BCUT2D eigenvalue weighted by Crippen LogP contribution is 2.20. The lowest BCUT2D eigenvalue weighted by atomic mass is 10.1. The molecule has 0 spiro atoms. The average molecular weight is 322 g/mol. The lowest BCUT2D eigenvalue weighted by molar-refractivity contribution is -0.133. The van der Waals surface area contributed by atoms with Crippen molar-refractivity contribution in [3.05, 3.63) is 22.4 Å². The molecule has 0 aliphatic carbocycles. The van der Waals surface area contributed by atoms with E-state index in [1.807, 2.05) is 0 Å². The zero-order valence-corrected chi connectivity index (χ0v) is 14.0. The SMILES string of the molecule is O=C(Cc1ccsc1)N1CCCCC[C@@H]1CN1CCOCC1. The molecule has 2 aliphatic rings. The standard InChI is InChI=1S/C17H26N2O2S/c20-17(12-15-5-11-22-14-15)19-6-3-1-2-4-16(19)13-18-7-9-21-10-8-18/h5,11,14,16H,1-4,6-10,12-13H2/t16-/m1/s1. The van der Waals surface area contributed by atoms with Crippen molar-refractivity contribution in [3.63, 3.8) is 0 Å². The lowest BCUT2D eigenvalue weighted by Gasteiger charge is -2.36. The fourth-order valence-electron chi connectivity index (χ4n) is 3.45. The molecule has 0 N–H and O–H groups in total. The van der Waals surface area contributed by atoms with Gasteiger partial charge >= 0.3 is 0 Å². The van der Waals surface area contributed by atoms with Gasteiger partial charge in [-0.05, 0) is 35.2 Å². The van der Waals surface area contributed by atoms with E-state index in [4.69, 9.17) is 4.74 Å². The molecule has 1 amide bonds. The van der Waals surface area contributed by atoms with Crippen molar-refractivity contribution < 1.29 is 9.53 Å². The van der Waals surface area contributed by atoms with Crippen LogP contribution in [0.15, 0.2) is 16.8 Å². The van der Waals surface area contributed by atoms with Crippen LogP contribution < -0.4 is 0 Å². The fraction of sp³-hybridized carbons (Fsp3) is 0.706. The molecule has 2 aliphatic heterocycles. The Bertz CT molecular complexity index is 457. The van der Waals surface area contributed by atoms with Gasteiger partial charge in [-0.15, -0.1) is 0 Å². The molecule has 1 aromatic heterocycles. The third kappa shape index (κ3) is 4.31. The molecule has 3 rings (SSSR count). The molecular weight excluding hydrogens is 296 g/mol. The summed E-state index contributed by atoms with van der Waals surface area (Å²) in [6.07, 6.45) is 5.35. The van der Waals surface area contributed by atoms with Crippen molar-refractivity contribution in [2.45, 2.75) is 38.1 Å². The maximum atomic E-state index is 12.8. The molecule has 0 aromatic carbocycles. The Morgan fingerprint density at radius 2 is 2.09 bits per heavy atom. The first kappa shape index (κ1) is 16.0. The normalized spacial score (nSPS) is 24.2. The number of hydrogen-bond acceptors (Lipinski definition) is 4. The van der Waals surface area contributed by atoms with Gasteiger partial charge in [0.2, 0.25) is 5.91 Å². The maximum absolute atomic E-state index is 12.8. The Labute approximate surface area is 137 Å². The second kappa shape index (κ2) is 8.09. The van der Waals surface area contributed by atoms with Crippen LogP contribution in [-0.4, -0.2) is 61.1 Å². The first-order valence-electron chi connectivity index (χ1n) is 8.43. The zero-order valence-electron chi connectivity index (χ0n) is 13.2. The van der Waals surface area contributed by atoms with Crippen molar-refractivity contribution in [2.24, 2.45) is 0 Å². The molecule has 0 radical (unpaired) electrons. The van der Waals surface area contributed by atoms with E-state index in [1.165, 1.54) is 12.8 Å². The van der Waals surface area contributed by atoms with Crippen molar-refractivity contribution in [3.8, 4) is 0 Å².